The van der Waals surface area contributed by atoms with Gasteiger partial charge in [0.05, 0.1) is 0 Å². The van der Waals surface area contributed by atoms with E-state index >= 15 is 0 Å². The zero-order valence-electron chi connectivity index (χ0n) is 15.4. The van der Waals surface area contributed by atoms with Gasteiger partial charge in [0.15, 0.2) is 0 Å². The largest absolute Gasteiger partial charge is 0.324 e. The van der Waals surface area contributed by atoms with Crippen molar-refractivity contribution in [2.24, 2.45) is 0 Å². The van der Waals surface area contributed by atoms with Crippen LogP contribution < -0.4 is 10.6 Å². The molecule has 0 spiro atoms. The third kappa shape index (κ3) is 4.25. The monoisotopic (exact) mass is 346 g/mol. The number of aromatic nitrogens is 2. The van der Waals surface area contributed by atoms with E-state index in [0.29, 0.717) is 11.6 Å². The number of rotatable bonds is 4. The Hall–Kier alpha value is -3.21. The molecule has 0 bridgehead atoms. The second kappa shape index (κ2) is 7.35. The number of carbonyl (C=O) groups excluding carboxylic acids is 1. The van der Waals surface area contributed by atoms with Crippen LogP contribution in [-0.4, -0.2) is 15.9 Å². The van der Waals surface area contributed by atoms with E-state index in [1.807, 2.05) is 56.3 Å². The normalized spacial score (nSPS) is 10.5. The van der Waals surface area contributed by atoms with Gasteiger partial charge < -0.3 is 10.6 Å². The van der Waals surface area contributed by atoms with Crippen LogP contribution in [0, 0.1) is 27.7 Å². The van der Waals surface area contributed by atoms with Crippen molar-refractivity contribution in [3.63, 3.8) is 0 Å². The highest BCUT2D eigenvalue weighted by atomic mass is 16.1. The first-order chi connectivity index (χ1) is 12.4. The third-order valence-corrected chi connectivity index (χ3v) is 4.16. The Labute approximate surface area is 153 Å². The molecule has 0 saturated heterocycles. The molecule has 1 aromatic heterocycles. The summed E-state index contributed by atoms with van der Waals surface area (Å²) in [5.74, 6) is 0.143. The van der Waals surface area contributed by atoms with Crippen LogP contribution in [0.25, 0.3) is 0 Å². The van der Waals surface area contributed by atoms with E-state index in [0.717, 1.165) is 22.6 Å². The first-order valence-corrected chi connectivity index (χ1v) is 8.49. The lowest BCUT2D eigenvalue weighted by Gasteiger charge is -2.10. The molecule has 0 saturated carbocycles. The summed E-state index contributed by atoms with van der Waals surface area (Å²) in [6.07, 6.45) is 0. The Balaban J connectivity index is 1.81. The Morgan fingerprint density at radius 3 is 2.19 bits per heavy atom. The van der Waals surface area contributed by atoms with E-state index in [-0.39, 0.29) is 5.91 Å². The number of aryl methyl sites for hydroxylation is 4. The Kier molecular flexibility index (Phi) is 4.98. The summed E-state index contributed by atoms with van der Waals surface area (Å²) >= 11 is 0. The SMILES string of the molecule is Cc1ccc(NC(=O)c2cc(C)nc(Nc3ccc(C)c(C)c3)n2)cc1. The van der Waals surface area contributed by atoms with E-state index in [2.05, 4.69) is 34.4 Å². The first-order valence-electron chi connectivity index (χ1n) is 8.49. The minimum Gasteiger partial charge on any atom is -0.324 e. The minimum atomic E-state index is -0.262. The van der Waals surface area contributed by atoms with Crippen molar-refractivity contribution in [1.29, 1.82) is 0 Å². The van der Waals surface area contributed by atoms with Crippen LogP contribution in [-0.2, 0) is 0 Å². The first kappa shape index (κ1) is 17.6. The minimum absolute atomic E-state index is 0.262. The second-order valence-electron chi connectivity index (χ2n) is 6.46. The summed E-state index contributed by atoms with van der Waals surface area (Å²) in [4.78, 5) is 21.3. The summed E-state index contributed by atoms with van der Waals surface area (Å²) in [7, 11) is 0. The second-order valence-corrected chi connectivity index (χ2v) is 6.46. The molecule has 3 aromatic rings. The van der Waals surface area contributed by atoms with Crippen molar-refractivity contribution in [3.8, 4) is 0 Å². The molecule has 0 fully saturated rings. The number of amides is 1. The fourth-order valence-electron chi connectivity index (χ4n) is 2.52. The molecule has 5 nitrogen and oxygen atoms in total. The van der Waals surface area contributed by atoms with Gasteiger partial charge in [-0.2, -0.15) is 0 Å². The lowest BCUT2D eigenvalue weighted by atomic mass is 10.1. The van der Waals surface area contributed by atoms with Gasteiger partial charge in [-0.3, -0.25) is 4.79 Å². The highest BCUT2D eigenvalue weighted by molar-refractivity contribution is 6.03. The Morgan fingerprint density at radius 1 is 0.808 bits per heavy atom. The number of hydrogen-bond acceptors (Lipinski definition) is 4. The summed E-state index contributed by atoms with van der Waals surface area (Å²) in [5, 5.41) is 6.04. The molecule has 0 aliphatic rings. The van der Waals surface area contributed by atoms with Crippen LogP contribution >= 0.6 is 0 Å². The molecule has 26 heavy (non-hydrogen) atoms. The van der Waals surface area contributed by atoms with Gasteiger partial charge in [-0.25, -0.2) is 9.97 Å². The Bertz CT molecular complexity index is 949. The quantitative estimate of drug-likeness (QED) is 0.718. The van der Waals surface area contributed by atoms with Crippen LogP contribution in [0.15, 0.2) is 48.5 Å². The number of anilines is 3. The number of nitrogens with zero attached hydrogens (tertiary/aromatic N) is 2. The fraction of sp³-hybridized carbons (Fsp3) is 0.190. The van der Waals surface area contributed by atoms with Gasteiger partial charge in [-0.1, -0.05) is 23.8 Å². The molecule has 3 rings (SSSR count). The number of carbonyl (C=O) groups is 1. The molecule has 2 aromatic carbocycles. The van der Waals surface area contributed by atoms with Crippen LogP contribution in [0.2, 0.25) is 0 Å². The van der Waals surface area contributed by atoms with Crippen molar-refractivity contribution >= 4 is 23.2 Å². The van der Waals surface area contributed by atoms with E-state index in [1.165, 1.54) is 11.1 Å². The molecule has 132 valence electrons. The van der Waals surface area contributed by atoms with Crippen LogP contribution in [0.4, 0.5) is 17.3 Å². The molecule has 1 amide bonds. The lowest BCUT2D eigenvalue weighted by Crippen LogP contribution is -2.15. The van der Waals surface area contributed by atoms with E-state index in [1.54, 1.807) is 6.07 Å². The van der Waals surface area contributed by atoms with Gasteiger partial charge in [0.25, 0.3) is 5.91 Å². The topological polar surface area (TPSA) is 66.9 Å². The van der Waals surface area contributed by atoms with E-state index in [9.17, 15) is 4.79 Å². The summed E-state index contributed by atoms with van der Waals surface area (Å²) in [6.45, 7) is 7.97. The van der Waals surface area contributed by atoms with E-state index < -0.39 is 0 Å². The molecule has 2 N–H and O–H groups in total. The summed E-state index contributed by atoms with van der Waals surface area (Å²) in [5.41, 5.74) is 6.22. The molecule has 0 aliphatic carbocycles. The van der Waals surface area contributed by atoms with Gasteiger partial charge in [-0.05, 0) is 69.2 Å². The van der Waals surface area contributed by atoms with Gasteiger partial charge in [-0.15, -0.1) is 0 Å². The van der Waals surface area contributed by atoms with Gasteiger partial charge in [0, 0.05) is 17.1 Å². The third-order valence-electron chi connectivity index (χ3n) is 4.16. The van der Waals surface area contributed by atoms with E-state index in [4.69, 9.17) is 0 Å². The smallest absolute Gasteiger partial charge is 0.274 e. The maximum Gasteiger partial charge on any atom is 0.274 e. The number of hydrogen-bond donors (Lipinski definition) is 2. The van der Waals surface area contributed by atoms with Crippen LogP contribution in [0.5, 0.6) is 0 Å². The highest BCUT2D eigenvalue weighted by Gasteiger charge is 2.11. The molecule has 0 aliphatic heterocycles. The van der Waals surface area contributed by atoms with Crippen molar-refractivity contribution in [2.45, 2.75) is 27.7 Å². The van der Waals surface area contributed by atoms with Crippen molar-refractivity contribution in [1.82, 2.24) is 9.97 Å². The number of benzene rings is 2. The molecule has 0 radical (unpaired) electrons. The molecule has 1 heterocycles. The summed E-state index contributed by atoms with van der Waals surface area (Å²) in [6, 6.07) is 15.4. The molecular formula is C21H22N4O. The standard InChI is InChI=1S/C21H22N4O/c1-13-5-8-17(9-6-13)23-20(26)19-12-16(4)22-21(25-19)24-18-10-7-14(2)15(3)11-18/h5-12H,1-4H3,(H,23,26)(H,22,24,25). The maximum absolute atomic E-state index is 12.5. The predicted molar refractivity (Wildman–Crippen MR) is 105 cm³/mol. The zero-order chi connectivity index (χ0) is 18.7. The maximum atomic E-state index is 12.5. The molecule has 0 atom stereocenters. The van der Waals surface area contributed by atoms with Crippen molar-refractivity contribution < 1.29 is 4.79 Å². The predicted octanol–water partition coefficient (Wildman–Crippen LogP) is 4.71. The van der Waals surface area contributed by atoms with Crippen LogP contribution in [0.1, 0.15) is 32.9 Å². The van der Waals surface area contributed by atoms with Gasteiger partial charge in [0.1, 0.15) is 5.69 Å². The average molecular weight is 346 g/mol. The zero-order valence-corrected chi connectivity index (χ0v) is 15.4. The van der Waals surface area contributed by atoms with Crippen molar-refractivity contribution in [2.75, 3.05) is 10.6 Å². The van der Waals surface area contributed by atoms with Gasteiger partial charge >= 0.3 is 0 Å². The van der Waals surface area contributed by atoms with Crippen LogP contribution in [0.3, 0.4) is 0 Å². The molecule has 5 heteroatoms. The Morgan fingerprint density at radius 2 is 1.50 bits per heavy atom. The number of nitrogens with one attached hydrogen (secondary N) is 2. The molecular weight excluding hydrogens is 324 g/mol. The highest BCUT2D eigenvalue weighted by Crippen LogP contribution is 2.18. The van der Waals surface area contributed by atoms with Gasteiger partial charge in [0.2, 0.25) is 5.95 Å². The average Bonchev–Trinajstić information content (AvgIpc) is 2.59. The summed E-state index contributed by atoms with van der Waals surface area (Å²) < 4.78 is 0. The van der Waals surface area contributed by atoms with Crippen molar-refractivity contribution in [3.05, 3.63) is 76.6 Å². The fourth-order valence-corrected chi connectivity index (χ4v) is 2.52. The lowest BCUT2D eigenvalue weighted by molar-refractivity contribution is 0.102. The molecule has 0 unspecified atom stereocenters.